The number of ketones is 1. The number of aliphatic carboxylic acids is 1. The predicted molar refractivity (Wildman–Crippen MR) is 177 cm³/mol. The molecule has 14 heteroatoms. The van der Waals surface area contributed by atoms with E-state index in [2.05, 4.69) is 10.6 Å². The molecular formula is C33H61N5O9. The zero-order valence-electron chi connectivity index (χ0n) is 29.3. The van der Waals surface area contributed by atoms with Crippen molar-refractivity contribution in [1.82, 2.24) is 20.4 Å². The summed E-state index contributed by atoms with van der Waals surface area (Å²) in [5.41, 5.74) is 4.87. The van der Waals surface area contributed by atoms with Crippen molar-refractivity contribution in [1.29, 1.82) is 0 Å². The molecule has 14 nitrogen and oxygen atoms in total. The maximum atomic E-state index is 12.3. The lowest BCUT2D eigenvalue weighted by atomic mass is 9.88. The summed E-state index contributed by atoms with van der Waals surface area (Å²) in [6, 6.07) is -0.320. The number of carboxylic acids is 1. The second-order valence-electron chi connectivity index (χ2n) is 15.1. The number of rotatable bonds is 4. The topological polar surface area (TPSA) is 204 Å². The van der Waals surface area contributed by atoms with E-state index in [1.165, 1.54) is 0 Å². The molecule has 0 spiro atoms. The van der Waals surface area contributed by atoms with Gasteiger partial charge in [-0.15, -0.1) is 0 Å². The summed E-state index contributed by atoms with van der Waals surface area (Å²) >= 11 is 0. The largest absolute Gasteiger partial charge is 0.480 e. The highest BCUT2D eigenvalue weighted by Gasteiger charge is 2.31. The number of nitrogens with one attached hydrogen (secondary N) is 2. The van der Waals surface area contributed by atoms with Crippen molar-refractivity contribution >= 4 is 23.9 Å². The lowest BCUT2D eigenvalue weighted by molar-refractivity contribution is -0.140. The Labute approximate surface area is 280 Å². The molecule has 0 aromatic rings. The number of β-amino-alcohol motifs (C(OH)–C–C–N with tert-alkyl or cyclic N) is 2. The summed E-state index contributed by atoms with van der Waals surface area (Å²) in [5, 5.41) is 32.7. The van der Waals surface area contributed by atoms with E-state index in [0.29, 0.717) is 57.8 Å². The van der Waals surface area contributed by atoms with Crippen molar-refractivity contribution < 1.29 is 44.0 Å². The Morgan fingerprint density at radius 1 is 0.681 bits per heavy atom. The molecule has 7 N–H and O–H groups in total. The van der Waals surface area contributed by atoms with Crippen LogP contribution in [0.1, 0.15) is 99.3 Å². The Bertz CT molecular complexity index is 983. The molecule has 0 aromatic heterocycles. The highest BCUT2D eigenvalue weighted by molar-refractivity contribution is 5.84. The van der Waals surface area contributed by atoms with Gasteiger partial charge in [-0.3, -0.25) is 9.59 Å². The molecule has 0 unspecified atom stereocenters. The van der Waals surface area contributed by atoms with Gasteiger partial charge in [-0.1, -0.05) is 0 Å². The molecule has 4 fully saturated rings. The van der Waals surface area contributed by atoms with Crippen molar-refractivity contribution in [2.75, 3.05) is 39.3 Å². The number of aliphatic hydroxyl groups is 2. The van der Waals surface area contributed by atoms with E-state index >= 15 is 0 Å². The Kier molecular flexibility index (Phi) is 16.3. The van der Waals surface area contributed by atoms with Crippen LogP contribution < -0.4 is 16.4 Å². The van der Waals surface area contributed by atoms with Gasteiger partial charge in [0.1, 0.15) is 23.0 Å². The van der Waals surface area contributed by atoms with Crippen LogP contribution >= 0.6 is 0 Å². The Hall–Kier alpha value is -2.52. The fourth-order valence-electron chi connectivity index (χ4n) is 5.65. The van der Waals surface area contributed by atoms with Gasteiger partial charge in [-0.2, -0.15) is 0 Å². The van der Waals surface area contributed by atoms with Gasteiger partial charge in [0.25, 0.3) is 0 Å². The van der Waals surface area contributed by atoms with E-state index in [1.807, 2.05) is 41.5 Å². The molecule has 4 heterocycles. The Morgan fingerprint density at radius 2 is 1.09 bits per heavy atom. The first-order chi connectivity index (χ1) is 21.8. The number of hydrogen-bond acceptors (Lipinski definition) is 11. The maximum absolute atomic E-state index is 12.3. The molecule has 4 atom stereocenters. The molecule has 0 aromatic carbocycles. The number of ether oxygens (including phenoxy) is 2. The van der Waals surface area contributed by atoms with Gasteiger partial charge in [-0.05, 0) is 98.8 Å². The fourth-order valence-corrected chi connectivity index (χ4v) is 5.65. The molecular weight excluding hydrogens is 610 g/mol. The number of nitrogens with two attached hydrogens (primary N) is 1. The lowest BCUT2D eigenvalue weighted by Gasteiger charge is -2.34. The maximum Gasteiger partial charge on any atom is 0.410 e. The van der Waals surface area contributed by atoms with Crippen LogP contribution in [0.4, 0.5) is 9.59 Å². The number of carbonyl (C=O) groups is 4. The minimum Gasteiger partial charge on any atom is -0.480 e. The molecule has 0 radical (unpaired) electrons. The number of carboxylic acid groups (broad SMARTS) is 1. The molecule has 4 rings (SSSR count). The number of piperidine rings is 4. The second kappa shape index (κ2) is 18.9. The number of carbonyl (C=O) groups excluding carboxylic acids is 3. The van der Waals surface area contributed by atoms with Crippen LogP contribution in [0.5, 0.6) is 0 Å². The van der Waals surface area contributed by atoms with Crippen molar-refractivity contribution in [3.8, 4) is 0 Å². The third kappa shape index (κ3) is 16.4. The van der Waals surface area contributed by atoms with Crippen LogP contribution in [-0.4, -0.2) is 130 Å². The van der Waals surface area contributed by atoms with Gasteiger partial charge < -0.3 is 51.0 Å². The Morgan fingerprint density at radius 3 is 1.45 bits per heavy atom. The zero-order valence-corrected chi connectivity index (χ0v) is 29.3. The minimum absolute atomic E-state index is 0.109. The quantitative estimate of drug-likeness (QED) is 0.255. The van der Waals surface area contributed by atoms with Crippen molar-refractivity contribution in [3.05, 3.63) is 0 Å². The predicted octanol–water partition coefficient (Wildman–Crippen LogP) is 2.23. The van der Waals surface area contributed by atoms with E-state index in [1.54, 1.807) is 9.80 Å². The summed E-state index contributed by atoms with van der Waals surface area (Å²) in [6.07, 6.45) is 5.37. The number of hydrogen-bond donors (Lipinski definition) is 6. The fraction of sp³-hybridized carbons (Fsp3) is 0.879. The smallest absolute Gasteiger partial charge is 0.410 e. The summed E-state index contributed by atoms with van der Waals surface area (Å²) in [4.78, 5) is 49.7. The van der Waals surface area contributed by atoms with Gasteiger partial charge in [0.2, 0.25) is 0 Å². The minimum atomic E-state index is -0.827. The molecule has 4 aliphatic rings. The first-order valence-corrected chi connectivity index (χ1v) is 17.1. The van der Waals surface area contributed by atoms with Gasteiger partial charge in [0, 0.05) is 51.7 Å². The molecule has 2 amide bonds. The van der Waals surface area contributed by atoms with Gasteiger partial charge >= 0.3 is 18.2 Å². The Balaban J connectivity index is 0.000000271. The highest BCUT2D eigenvalue weighted by Crippen LogP contribution is 2.24. The number of aliphatic hydroxyl groups excluding tert-OH is 2. The molecule has 4 saturated heterocycles. The van der Waals surface area contributed by atoms with E-state index < -0.39 is 23.2 Å². The van der Waals surface area contributed by atoms with Gasteiger partial charge in [-0.25, -0.2) is 9.59 Å². The van der Waals surface area contributed by atoms with Crippen LogP contribution in [0.25, 0.3) is 0 Å². The molecule has 0 aliphatic carbocycles. The van der Waals surface area contributed by atoms with E-state index in [9.17, 15) is 24.3 Å². The summed E-state index contributed by atoms with van der Waals surface area (Å²) in [7, 11) is 0. The average molecular weight is 672 g/mol. The summed E-state index contributed by atoms with van der Waals surface area (Å²) in [5.74, 6) is -0.241. The first-order valence-electron chi connectivity index (χ1n) is 17.1. The van der Waals surface area contributed by atoms with E-state index in [4.69, 9.17) is 25.4 Å². The normalized spacial score (nSPS) is 26.1. The van der Waals surface area contributed by atoms with Gasteiger partial charge in [0.05, 0.1) is 18.2 Å². The van der Waals surface area contributed by atoms with Crippen LogP contribution in [0.2, 0.25) is 0 Å². The van der Waals surface area contributed by atoms with Crippen LogP contribution in [-0.2, 0) is 19.1 Å². The van der Waals surface area contributed by atoms with Crippen molar-refractivity contribution in [2.45, 2.75) is 141 Å². The van der Waals surface area contributed by atoms with E-state index in [-0.39, 0.29) is 42.3 Å². The van der Waals surface area contributed by atoms with Crippen LogP contribution in [0, 0.1) is 5.92 Å². The number of likely N-dealkylation sites (tertiary alicyclic amines) is 2. The molecule has 0 bridgehead atoms. The average Bonchev–Trinajstić information content (AvgIpc) is 2.97. The van der Waals surface area contributed by atoms with Crippen LogP contribution in [0.3, 0.4) is 0 Å². The SMILES string of the molecule is CC(C)(C)OC(=O)N1CCC(CC(=O)[C@@H]2CC[C@H](O)CN2)CC1.CC(C)(C)OC(=O)N1CCC(N)CC1.O=C(O)[C@@H]1CC[C@H](O)CN1. The third-order valence-corrected chi connectivity index (χ3v) is 8.41. The zero-order chi connectivity index (χ0) is 35.4. The first kappa shape index (κ1) is 40.7. The third-order valence-electron chi connectivity index (χ3n) is 8.41. The number of Topliss-reactive ketones (excluding diaryl/α,β-unsaturated/α-hetero) is 1. The summed E-state index contributed by atoms with van der Waals surface area (Å²) in [6.45, 7) is 14.9. The molecule has 0 saturated carbocycles. The molecule has 272 valence electrons. The molecule has 47 heavy (non-hydrogen) atoms. The summed E-state index contributed by atoms with van der Waals surface area (Å²) < 4.78 is 10.6. The highest BCUT2D eigenvalue weighted by atomic mass is 16.6. The standard InChI is InChI=1S/C17H30N2O4.C10H20N2O2.C6H11NO3/c1-17(2,3)23-16(22)19-8-6-12(7-9-19)10-15(21)14-5-4-13(20)11-18-14;1-10(2,3)14-9(13)12-6-4-8(11)5-7-12;8-4-1-2-5(6(9)10)7-3-4/h12-14,18,20H,4-11H2,1-3H3;8H,4-7,11H2,1-3H3;4-5,7-8H,1-3H2,(H,9,10)/t13-,14-;;4-,5-/m0.0/s1. The number of amides is 2. The number of nitrogens with zero attached hydrogens (tertiary/aromatic N) is 2. The second-order valence-corrected chi connectivity index (χ2v) is 15.1. The monoisotopic (exact) mass is 671 g/mol. The molecule has 4 aliphatic heterocycles. The van der Waals surface area contributed by atoms with Crippen molar-refractivity contribution in [3.63, 3.8) is 0 Å². The lowest BCUT2D eigenvalue weighted by Crippen LogP contribution is -2.47. The van der Waals surface area contributed by atoms with E-state index in [0.717, 1.165) is 45.2 Å². The van der Waals surface area contributed by atoms with Crippen molar-refractivity contribution in [2.24, 2.45) is 11.7 Å². The van der Waals surface area contributed by atoms with Crippen LogP contribution in [0.15, 0.2) is 0 Å². The van der Waals surface area contributed by atoms with Gasteiger partial charge in [0.15, 0.2) is 0 Å².